The van der Waals surface area contributed by atoms with Gasteiger partial charge in [0.05, 0.1) is 13.2 Å². The molecular weight excluding hydrogens is 176 g/mol. The number of ether oxygens (including phenoxy) is 1. The summed E-state index contributed by atoms with van der Waals surface area (Å²) in [6.07, 6.45) is 0. The topological polar surface area (TPSA) is 24.5 Å². The predicted molar refractivity (Wildman–Crippen MR) is 63.9 cm³/mol. The second-order valence-corrected chi connectivity index (χ2v) is 2.82. The highest BCUT2D eigenvalue weighted by molar-refractivity contribution is 4.70. The van der Waals surface area contributed by atoms with Crippen LogP contribution < -0.4 is 5.32 Å². The van der Waals surface area contributed by atoms with Crippen LogP contribution in [-0.2, 0) is 4.74 Å². The smallest absolute Gasteiger partial charge is 0.0632 e. The lowest BCUT2D eigenvalue weighted by atomic mass is 10.3. The molecule has 3 heteroatoms. The first-order chi connectivity index (χ1) is 6.83. The molecule has 1 aliphatic heterocycles. The molecule has 14 heavy (non-hydrogen) atoms. The molecule has 1 saturated heterocycles. The Morgan fingerprint density at radius 1 is 1.21 bits per heavy atom. The van der Waals surface area contributed by atoms with E-state index in [1.807, 2.05) is 34.7 Å². The van der Waals surface area contributed by atoms with Gasteiger partial charge in [0.1, 0.15) is 0 Å². The van der Waals surface area contributed by atoms with Crippen LogP contribution in [0.2, 0.25) is 0 Å². The minimum absolute atomic E-state index is 0.507. The Hall–Kier alpha value is -0.120. The molecule has 0 aromatic rings. The largest absolute Gasteiger partial charge is 0.378 e. The lowest BCUT2D eigenvalue weighted by Crippen LogP contribution is -2.38. The van der Waals surface area contributed by atoms with Crippen molar-refractivity contribution in [2.45, 2.75) is 33.7 Å². The molecule has 0 amide bonds. The summed E-state index contributed by atoms with van der Waals surface area (Å²) in [5, 5.41) is 3.21. The standard InChI is InChI=1S/C7H16N2O.2C2H6/c1-8-7-5-9(2)3-4-10-6-7;2*1-2/h7-8H,3-6H2,1-2H3;2*1-2H3. The van der Waals surface area contributed by atoms with Crippen LogP contribution in [0.4, 0.5) is 0 Å². The number of nitrogens with zero attached hydrogens (tertiary/aromatic N) is 1. The molecular formula is C11H28N2O. The third-order valence-corrected chi connectivity index (χ3v) is 1.88. The van der Waals surface area contributed by atoms with Gasteiger partial charge in [0, 0.05) is 19.1 Å². The fourth-order valence-electron chi connectivity index (χ4n) is 1.14. The summed E-state index contributed by atoms with van der Waals surface area (Å²) in [6, 6.07) is 0.507. The van der Waals surface area contributed by atoms with Gasteiger partial charge in [0.25, 0.3) is 0 Å². The van der Waals surface area contributed by atoms with Gasteiger partial charge in [-0.1, -0.05) is 27.7 Å². The molecule has 1 fully saturated rings. The van der Waals surface area contributed by atoms with E-state index in [1.165, 1.54) is 0 Å². The summed E-state index contributed by atoms with van der Waals surface area (Å²) in [6.45, 7) is 11.9. The van der Waals surface area contributed by atoms with Gasteiger partial charge >= 0.3 is 0 Å². The van der Waals surface area contributed by atoms with E-state index in [4.69, 9.17) is 4.74 Å². The van der Waals surface area contributed by atoms with E-state index in [2.05, 4.69) is 17.3 Å². The number of hydrogen-bond donors (Lipinski definition) is 1. The van der Waals surface area contributed by atoms with E-state index < -0.39 is 0 Å². The SMILES string of the molecule is CC.CC.CNC1COCCN(C)C1. The van der Waals surface area contributed by atoms with Gasteiger partial charge in [-0.3, -0.25) is 0 Å². The second-order valence-electron chi connectivity index (χ2n) is 2.82. The van der Waals surface area contributed by atoms with Gasteiger partial charge in [0.15, 0.2) is 0 Å². The quantitative estimate of drug-likeness (QED) is 0.702. The van der Waals surface area contributed by atoms with Crippen LogP contribution in [-0.4, -0.2) is 51.3 Å². The van der Waals surface area contributed by atoms with Crippen LogP contribution in [0.15, 0.2) is 0 Å². The van der Waals surface area contributed by atoms with Crippen molar-refractivity contribution in [2.24, 2.45) is 0 Å². The van der Waals surface area contributed by atoms with Gasteiger partial charge in [-0.2, -0.15) is 0 Å². The summed E-state index contributed by atoms with van der Waals surface area (Å²) in [5.74, 6) is 0. The Balaban J connectivity index is 0. The van der Waals surface area contributed by atoms with Crippen molar-refractivity contribution in [2.75, 3.05) is 40.4 Å². The predicted octanol–water partition coefficient (Wildman–Crippen LogP) is 1.59. The van der Waals surface area contributed by atoms with Crippen molar-refractivity contribution in [1.29, 1.82) is 0 Å². The van der Waals surface area contributed by atoms with Crippen molar-refractivity contribution >= 4 is 0 Å². The summed E-state index contributed by atoms with van der Waals surface area (Å²) >= 11 is 0. The van der Waals surface area contributed by atoms with E-state index in [1.54, 1.807) is 0 Å². The molecule has 1 unspecified atom stereocenters. The van der Waals surface area contributed by atoms with Crippen LogP contribution in [0.3, 0.4) is 0 Å². The van der Waals surface area contributed by atoms with Gasteiger partial charge in [-0.25, -0.2) is 0 Å². The monoisotopic (exact) mass is 204 g/mol. The van der Waals surface area contributed by atoms with E-state index in [9.17, 15) is 0 Å². The fourth-order valence-corrected chi connectivity index (χ4v) is 1.14. The first-order valence-corrected chi connectivity index (χ1v) is 5.76. The first kappa shape index (κ1) is 16.3. The maximum atomic E-state index is 5.36. The van der Waals surface area contributed by atoms with Gasteiger partial charge in [0.2, 0.25) is 0 Å². The highest BCUT2D eigenvalue weighted by Gasteiger charge is 2.12. The molecule has 1 atom stereocenters. The number of hydrogen-bond acceptors (Lipinski definition) is 3. The first-order valence-electron chi connectivity index (χ1n) is 5.76. The molecule has 88 valence electrons. The van der Waals surface area contributed by atoms with Crippen LogP contribution in [0.25, 0.3) is 0 Å². The summed E-state index contributed by atoms with van der Waals surface area (Å²) < 4.78 is 5.36. The molecule has 0 spiro atoms. The van der Waals surface area contributed by atoms with E-state index in [0.717, 1.165) is 26.3 Å². The molecule has 0 aromatic heterocycles. The molecule has 1 N–H and O–H groups in total. The highest BCUT2D eigenvalue weighted by atomic mass is 16.5. The van der Waals surface area contributed by atoms with E-state index in [0.29, 0.717) is 6.04 Å². The molecule has 0 saturated carbocycles. The lowest BCUT2D eigenvalue weighted by molar-refractivity contribution is 0.132. The molecule has 1 heterocycles. The van der Waals surface area contributed by atoms with Crippen LogP contribution in [0, 0.1) is 0 Å². The summed E-state index contributed by atoms with van der Waals surface area (Å²) in [5.41, 5.74) is 0. The summed E-state index contributed by atoms with van der Waals surface area (Å²) in [4.78, 5) is 2.29. The normalized spacial score (nSPS) is 22.3. The molecule has 0 bridgehead atoms. The third-order valence-electron chi connectivity index (χ3n) is 1.88. The highest BCUT2D eigenvalue weighted by Crippen LogP contribution is 1.95. The number of likely N-dealkylation sites (N-methyl/N-ethyl adjacent to an activating group) is 2. The van der Waals surface area contributed by atoms with Crippen molar-refractivity contribution in [1.82, 2.24) is 10.2 Å². The number of rotatable bonds is 1. The average molecular weight is 204 g/mol. The van der Waals surface area contributed by atoms with Crippen LogP contribution >= 0.6 is 0 Å². The van der Waals surface area contributed by atoms with Gasteiger partial charge < -0.3 is 15.0 Å². The van der Waals surface area contributed by atoms with Crippen molar-refractivity contribution in [3.8, 4) is 0 Å². The van der Waals surface area contributed by atoms with E-state index in [-0.39, 0.29) is 0 Å². The molecule has 0 aromatic carbocycles. The van der Waals surface area contributed by atoms with Crippen LogP contribution in [0.1, 0.15) is 27.7 Å². The maximum absolute atomic E-state index is 5.36. The Morgan fingerprint density at radius 2 is 1.79 bits per heavy atom. The maximum Gasteiger partial charge on any atom is 0.0632 e. The van der Waals surface area contributed by atoms with Crippen LogP contribution in [0.5, 0.6) is 0 Å². The summed E-state index contributed by atoms with van der Waals surface area (Å²) in [7, 11) is 4.10. The second kappa shape index (κ2) is 12.9. The lowest BCUT2D eigenvalue weighted by Gasteiger charge is -2.17. The fraction of sp³-hybridized carbons (Fsp3) is 1.00. The van der Waals surface area contributed by atoms with Crippen molar-refractivity contribution < 1.29 is 4.74 Å². The third kappa shape index (κ3) is 8.48. The van der Waals surface area contributed by atoms with Gasteiger partial charge in [-0.05, 0) is 14.1 Å². The average Bonchev–Trinajstić information content (AvgIpc) is 2.48. The Labute approximate surface area is 89.8 Å². The molecule has 3 nitrogen and oxygen atoms in total. The van der Waals surface area contributed by atoms with E-state index >= 15 is 0 Å². The minimum atomic E-state index is 0.507. The van der Waals surface area contributed by atoms with Crippen molar-refractivity contribution in [3.05, 3.63) is 0 Å². The molecule has 1 aliphatic rings. The zero-order chi connectivity index (χ0) is 11.4. The Morgan fingerprint density at radius 3 is 2.29 bits per heavy atom. The molecule has 0 radical (unpaired) electrons. The Kier molecular flexibility index (Phi) is 15.0. The molecule has 0 aliphatic carbocycles. The zero-order valence-electron chi connectivity index (χ0n) is 10.8. The number of nitrogens with one attached hydrogen (secondary N) is 1. The van der Waals surface area contributed by atoms with Crippen molar-refractivity contribution in [3.63, 3.8) is 0 Å². The van der Waals surface area contributed by atoms with Gasteiger partial charge in [-0.15, -0.1) is 0 Å². The minimum Gasteiger partial charge on any atom is -0.378 e. The Bertz CT molecular complexity index is 99.3. The molecule has 1 rings (SSSR count). The zero-order valence-corrected chi connectivity index (χ0v) is 10.8.